The van der Waals surface area contributed by atoms with E-state index >= 15 is 0 Å². The molecule has 1 heterocycles. The molecule has 1 fully saturated rings. The van der Waals surface area contributed by atoms with Gasteiger partial charge >= 0.3 is 5.97 Å². The zero-order chi connectivity index (χ0) is 33.9. The Hall–Kier alpha value is -2.78. The highest BCUT2D eigenvalue weighted by Gasteiger charge is 2.33. The molecule has 3 rings (SSSR count). The average Bonchev–Trinajstić information content (AvgIpc) is 3.07. The van der Waals surface area contributed by atoms with Crippen molar-refractivity contribution in [2.24, 2.45) is 0 Å². The molecule has 2 N–H and O–H groups in total. The van der Waals surface area contributed by atoms with Crippen molar-refractivity contribution < 1.29 is 28.9 Å². The van der Waals surface area contributed by atoms with Gasteiger partial charge in [-0.15, -0.1) is 0 Å². The van der Waals surface area contributed by atoms with Crippen molar-refractivity contribution in [2.45, 2.75) is 142 Å². The number of hydrogen-bond acceptors (Lipinski definition) is 7. The van der Waals surface area contributed by atoms with Crippen molar-refractivity contribution >= 4 is 17.6 Å². The summed E-state index contributed by atoms with van der Waals surface area (Å²) in [5, 5.41) is 12.4. The highest BCUT2D eigenvalue weighted by Crippen LogP contribution is 2.38. The topological polar surface area (TPSA) is 97.3 Å². The zero-order valence-corrected chi connectivity index (χ0v) is 29.4. The molecule has 0 radical (unpaired) electrons. The maximum atomic E-state index is 12.4. The Balaban J connectivity index is 1.72. The van der Waals surface area contributed by atoms with Gasteiger partial charge in [-0.25, -0.2) is 0 Å². The third kappa shape index (κ3) is 14.5. The second-order valence-electron chi connectivity index (χ2n) is 13.0. The quantitative estimate of drug-likeness (QED) is 0.0971. The van der Waals surface area contributed by atoms with Crippen molar-refractivity contribution in [1.82, 2.24) is 4.90 Å². The minimum absolute atomic E-state index is 0.00849. The van der Waals surface area contributed by atoms with Crippen molar-refractivity contribution in [3.8, 4) is 0 Å². The molecule has 1 amide bonds. The molecular weight excluding hydrogens is 592 g/mol. The summed E-state index contributed by atoms with van der Waals surface area (Å²) in [5.74, 6) is -0.886. The van der Waals surface area contributed by atoms with Crippen LogP contribution >= 0.6 is 0 Å². The van der Waals surface area contributed by atoms with Crippen LogP contribution in [0.3, 0.4) is 0 Å². The van der Waals surface area contributed by atoms with Crippen LogP contribution in [0.4, 0.5) is 5.69 Å². The summed E-state index contributed by atoms with van der Waals surface area (Å²) < 4.78 is 18.2. The van der Waals surface area contributed by atoms with Crippen molar-refractivity contribution in [3.05, 3.63) is 65.2 Å². The lowest BCUT2D eigenvalue weighted by Crippen LogP contribution is -2.40. The normalized spacial score (nSPS) is 18.6. The van der Waals surface area contributed by atoms with Crippen LogP contribution in [0.5, 0.6) is 0 Å². The van der Waals surface area contributed by atoms with E-state index in [4.69, 9.17) is 14.2 Å². The van der Waals surface area contributed by atoms with Crippen LogP contribution in [-0.4, -0.2) is 53.7 Å². The molecule has 262 valence electrons. The number of unbranched alkanes of at least 4 members (excludes halogenated alkanes) is 10. The number of aliphatic hydroxyl groups is 1. The minimum atomic E-state index is -0.883. The monoisotopic (exact) mass is 652 g/mol. The highest BCUT2D eigenvalue weighted by molar-refractivity contribution is 5.94. The Bertz CT molecular complexity index is 1140. The summed E-state index contributed by atoms with van der Waals surface area (Å²) in [6, 6.07) is 15.5. The van der Waals surface area contributed by atoms with Gasteiger partial charge in [-0.3, -0.25) is 9.59 Å². The molecule has 1 aliphatic rings. The molecule has 0 saturated carbocycles. The van der Waals surface area contributed by atoms with Gasteiger partial charge < -0.3 is 29.5 Å². The third-order valence-electron chi connectivity index (χ3n) is 8.89. The van der Waals surface area contributed by atoms with E-state index in [1.807, 2.05) is 48.5 Å². The third-order valence-corrected chi connectivity index (χ3v) is 8.89. The Morgan fingerprint density at radius 3 is 1.94 bits per heavy atom. The SMILES string of the molecule is CCCCCCCCN(CCCCCCCC)C[C@@H]1C[C@H](c2ccc(CO)cc2)O[C@H](c2ccc(NC(=O)[C@H](C)OC(C)=O)cc2)O1. The van der Waals surface area contributed by atoms with Gasteiger partial charge in [0.15, 0.2) is 12.4 Å². The second-order valence-corrected chi connectivity index (χ2v) is 13.0. The molecule has 4 atom stereocenters. The van der Waals surface area contributed by atoms with Crippen LogP contribution in [0.25, 0.3) is 0 Å². The van der Waals surface area contributed by atoms with Crippen LogP contribution in [0.2, 0.25) is 0 Å². The van der Waals surface area contributed by atoms with E-state index in [2.05, 4.69) is 24.1 Å². The van der Waals surface area contributed by atoms with Crippen molar-refractivity contribution in [1.29, 1.82) is 0 Å². The van der Waals surface area contributed by atoms with Crippen LogP contribution in [0.1, 0.15) is 140 Å². The van der Waals surface area contributed by atoms with E-state index in [0.29, 0.717) is 5.69 Å². The second kappa shape index (κ2) is 22.0. The lowest BCUT2D eigenvalue weighted by atomic mass is 9.99. The standard InChI is InChI=1S/C39H60N2O6/c1-5-7-9-11-13-15-25-41(26-16-14-12-10-8-6-2)28-36-27-37(33-19-17-32(29-42)18-20-33)47-39(46-36)34-21-23-35(24-22-34)40-38(44)30(3)45-31(4)43/h17-24,30,36-37,39,42H,5-16,25-29H2,1-4H3,(H,40,44)/t30-,36-,37+,39+/m0/s1. The first-order chi connectivity index (χ1) is 22.8. The number of anilines is 1. The fraction of sp³-hybridized carbons (Fsp3) is 0.641. The van der Waals surface area contributed by atoms with Gasteiger partial charge in [-0.2, -0.15) is 0 Å². The van der Waals surface area contributed by atoms with Gasteiger partial charge in [-0.05, 0) is 56.1 Å². The van der Waals surface area contributed by atoms with Crippen LogP contribution in [0.15, 0.2) is 48.5 Å². The van der Waals surface area contributed by atoms with Crippen LogP contribution < -0.4 is 5.32 Å². The van der Waals surface area contributed by atoms with E-state index in [0.717, 1.165) is 42.7 Å². The zero-order valence-electron chi connectivity index (χ0n) is 29.4. The average molecular weight is 653 g/mol. The van der Waals surface area contributed by atoms with E-state index in [1.54, 1.807) is 6.92 Å². The van der Waals surface area contributed by atoms with Gasteiger partial charge in [0.1, 0.15) is 0 Å². The van der Waals surface area contributed by atoms with Gasteiger partial charge in [0.05, 0.1) is 18.8 Å². The lowest BCUT2D eigenvalue weighted by Gasteiger charge is -2.38. The Morgan fingerprint density at radius 1 is 0.830 bits per heavy atom. The van der Waals surface area contributed by atoms with E-state index in [1.165, 1.54) is 84.0 Å². The Kier molecular flexibility index (Phi) is 18.1. The van der Waals surface area contributed by atoms with E-state index in [9.17, 15) is 14.7 Å². The molecule has 0 spiro atoms. The summed E-state index contributed by atoms with van der Waals surface area (Å²) in [6.07, 6.45) is 14.5. The summed E-state index contributed by atoms with van der Waals surface area (Å²) in [6.45, 7) is 10.4. The molecule has 0 aliphatic carbocycles. The lowest BCUT2D eigenvalue weighted by molar-refractivity contribution is -0.253. The first kappa shape index (κ1) is 38.7. The van der Waals surface area contributed by atoms with Crippen LogP contribution in [0, 0.1) is 0 Å². The van der Waals surface area contributed by atoms with Crippen molar-refractivity contribution in [2.75, 3.05) is 25.0 Å². The van der Waals surface area contributed by atoms with E-state index < -0.39 is 18.4 Å². The van der Waals surface area contributed by atoms with Gasteiger partial charge in [0, 0.05) is 31.1 Å². The number of hydrogen-bond donors (Lipinski definition) is 2. The molecular formula is C39H60N2O6. The molecule has 0 aromatic heterocycles. The number of nitrogens with one attached hydrogen (secondary N) is 1. The number of carbonyl (C=O) groups excluding carboxylic acids is 2. The maximum Gasteiger partial charge on any atom is 0.303 e. The maximum absolute atomic E-state index is 12.4. The molecule has 0 unspecified atom stereocenters. The number of benzene rings is 2. The van der Waals surface area contributed by atoms with Crippen molar-refractivity contribution in [3.63, 3.8) is 0 Å². The summed E-state index contributed by atoms with van der Waals surface area (Å²) in [7, 11) is 0. The number of aliphatic hydroxyl groups excluding tert-OH is 1. The summed E-state index contributed by atoms with van der Waals surface area (Å²) in [4.78, 5) is 26.3. The highest BCUT2D eigenvalue weighted by atomic mass is 16.7. The van der Waals surface area contributed by atoms with E-state index in [-0.39, 0.29) is 24.7 Å². The molecule has 0 bridgehead atoms. The first-order valence-electron chi connectivity index (χ1n) is 18.1. The molecule has 1 saturated heterocycles. The molecule has 2 aromatic carbocycles. The Morgan fingerprint density at radius 2 is 1.38 bits per heavy atom. The summed E-state index contributed by atoms with van der Waals surface area (Å²) >= 11 is 0. The number of ether oxygens (including phenoxy) is 3. The Labute approximate surface area is 283 Å². The number of carbonyl (C=O) groups is 2. The van der Waals surface area contributed by atoms with Gasteiger partial charge in [0.2, 0.25) is 0 Å². The smallest absolute Gasteiger partial charge is 0.303 e. The fourth-order valence-corrected chi connectivity index (χ4v) is 6.12. The minimum Gasteiger partial charge on any atom is -0.453 e. The number of esters is 1. The molecule has 8 heteroatoms. The molecule has 1 aliphatic heterocycles. The number of amides is 1. The largest absolute Gasteiger partial charge is 0.453 e. The fourth-order valence-electron chi connectivity index (χ4n) is 6.12. The molecule has 47 heavy (non-hydrogen) atoms. The predicted molar refractivity (Wildman–Crippen MR) is 188 cm³/mol. The van der Waals surface area contributed by atoms with Gasteiger partial charge in [-0.1, -0.05) is 114 Å². The number of nitrogens with zero attached hydrogens (tertiary/aromatic N) is 1. The molecule has 2 aromatic rings. The first-order valence-corrected chi connectivity index (χ1v) is 18.1. The number of rotatable bonds is 22. The predicted octanol–water partition coefficient (Wildman–Crippen LogP) is 8.64. The van der Waals surface area contributed by atoms with Crippen LogP contribution in [-0.2, 0) is 30.4 Å². The molecule has 8 nitrogen and oxygen atoms in total. The summed E-state index contributed by atoms with van der Waals surface area (Å²) in [5.41, 5.74) is 3.42. The van der Waals surface area contributed by atoms with Gasteiger partial charge in [0.25, 0.3) is 5.91 Å².